The number of alkyl halides is 3. The zero-order valence-electron chi connectivity index (χ0n) is 11.3. The Bertz CT molecular complexity index is 845. The fourth-order valence-corrected chi connectivity index (χ4v) is 2.31. The van der Waals surface area contributed by atoms with Crippen molar-refractivity contribution in [3.63, 3.8) is 0 Å². The summed E-state index contributed by atoms with van der Waals surface area (Å²) in [5.74, 6) is 0. The lowest BCUT2D eigenvalue weighted by Gasteiger charge is -2.13. The zero-order chi connectivity index (χ0) is 15.7. The van der Waals surface area contributed by atoms with Gasteiger partial charge in [-0.15, -0.1) is 0 Å². The largest absolute Gasteiger partial charge is 0.417 e. The lowest BCUT2D eigenvalue weighted by Crippen LogP contribution is -2.13. The molecule has 0 fully saturated rings. The van der Waals surface area contributed by atoms with Crippen molar-refractivity contribution in [2.75, 3.05) is 0 Å². The maximum Gasteiger partial charge on any atom is 0.417 e. The number of nitrogens with zero attached hydrogens (tertiary/aromatic N) is 1. The number of aromatic nitrogens is 2. The molecule has 2 aromatic carbocycles. The van der Waals surface area contributed by atoms with Crippen molar-refractivity contribution in [1.29, 1.82) is 0 Å². The van der Waals surface area contributed by atoms with Gasteiger partial charge in [-0.1, -0.05) is 30.3 Å². The van der Waals surface area contributed by atoms with Crippen molar-refractivity contribution in [3.05, 3.63) is 77.0 Å². The van der Waals surface area contributed by atoms with Crippen LogP contribution in [0, 0.1) is 0 Å². The van der Waals surface area contributed by atoms with Crippen LogP contribution in [0.2, 0.25) is 0 Å². The summed E-state index contributed by atoms with van der Waals surface area (Å²) in [7, 11) is 0. The smallest absolute Gasteiger partial charge is 0.312 e. The van der Waals surface area contributed by atoms with Gasteiger partial charge in [0.1, 0.15) is 0 Å². The number of aromatic amines is 1. The maximum atomic E-state index is 13.0. The third-order valence-corrected chi connectivity index (χ3v) is 3.34. The molecular formula is C16H11F3N2O. The van der Waals surface area contributed by atoms with E-state index in [2.05, 4.69) is 4.98 Å². The lowest BCUT2D eigenvalue weighted by atomic mass is 9.99. The van der Waals surface area contributed by atoms with E-state index in [1.807, 2.05) is 0 Å². The number of nitrogens with one attached hydrogen (secondary N) is 1. The van der Waals surface area contributed by atoms with Crippen LogP contribution in [0.3, 0.4) is 0 Å². The first-order chi connectivity index (χ1) is 10.5. The lowest BCUT2D eigenvalue weighted by molar-refractivity contribution is -0.137. The van der Waals surface area contributed by atoms with Gasteiger partial charge in [-0.2, -0.15) is 13.2 Å². The van der Waals surface area contributed by atoms with E-state index in [-0.39, 0.29) is 11.3 Å². The monoisotopic (exact) mass is 304 g/mol. The predicted octanol–water partition coefficient (Wildman–Crippen LogP) is 3.85. The summed E-state index contributed by atoms with van der Waals surface area (Å²) in [4.78, 5) is 14.0. The molecule has 0 saturated heterocycles. The van der Waals surface area contributed by atoms with E-state index < -0.39 is 11.7 Å². The third kappa shape index (κ3) is 2.55. The SMILES string of the molecule is O=c1[nH]ccn1-c1ccc(-c2ccccc2C(F)(F)F)cc1. The Labute approximate surface area is 123 Å². The van der Waals surface area contributed by atoms with Gasteiger partial charge in [0.25, 0.3) is 0 Å². The van der Waals surface area contributed by atoms with E-state index in [9.17, 15) is 18.0 Å². The number of hydrogen-bond acceptors (Lipinski definition) is 1. The molecule has 112 valence electrons. The fraction of sp³-hybridized carbons (Fsp3) is 0.0625. The third-order valence-electron chi connectivity index (χ3n) is 3.34. The summed E-state index contributed by atoms with van der Waals surface area (Å²) in [5, 5.41) is 0. The molecule has 0 aliphatic rings. The molecule has 1 aromatic heterocycles. The van der Waals surface area contributed by atoms with Crippen molar-refractivity contribution < 1.29 is 13.2 Å². The molecule has 3 rings (SSSR count). The van der Waals surface area contributed by atoms with Gasteiger partial charge in [0.2, 0.25) is 0 Å². The first-order valence-electron chi connectivity index (χ1n) is 6.50. The number of H-pyrrole nitrogens is 1. The van der Waals surface area contributed by atoms with Gasteiger partial charge in [-0.3, -0.25) is 4.57 Å². The van der Waals surface area contributed by atoms with Crippen molar-refractivity contribution in [2.45, 2.75) is 6.18 Å². The molecule has 1 heterocycles. The number of imidazole rings is 1. The molecule has 0 atom stereocenters. The highest BCUT2D eigenvalue weighted by atomic mass is 19.4. The minimum Gasteiger partial charge on any atom is -0.312 e. The standard InChI is InChI=1S/C16H11F3N2O/c17-16(18,19)14-4-2-1-3-13(14)11-5-7-12(8-6-11)21-10-9-20-15(21)22/h1-10H,(H,20,22). The molecule has 6 heteroatoms. The Hall–Kier alpha value is -2.76. The van der Waals surface area contributed by atoms with E-state index in [0.717, 1.165) is 6.07 Å². The number of halogens is 3. The van der Waals surface area contributed by atoms with Crippen LogP contribution in [0.4, 0.5) is 13.2 Å². The van der Waals surface area contributed by atoms with Crippen LogP contribution in [0.25, 0.3) is 16.8 Å². The van der Waals surface area contributed by atoms with Gasteiger partial charge in [-0.25, -0.2) is 4.79 Å². The van der Waals surface area contributed by atoms with Crippen LogP contribution in [0.1, 0.15) is 5.56 Å². The van der Waals surface area contributed by atoms with Crippen molar-refractivity contribution in [3.8, 4) is 16.8 Å². The highest BCUT2D eigenvalue weighted by Crippen LogP contribution is 2.36. The van der Waals surface area contributed by atoms with Crippen LogP contribution in [0.5, 0.6) is 0 Å². The predicted molar refractivity (Wildman–Crippen MR) is 76.8 cm³/mol. The summed E-state index contributed by atoms with van der Waals surface area (Å²) in [6, 6.07) is 11.8. The molecule has 0 spiro atoms. The fourth-order valence-electron chi connectivity index (χ4n) is 2.31. The summed E-state index contributed by atoms with van der Waals surface area (Å²) < 4.78 is 40.5. The van der Waals surface area contributed by atoms with Crippen LogP contribution in [-0.4, -0.2) is 9.55 Å². The summed E-state index contributed by atoms with van der Waals surface area (Å²) in [5.41, 5.74) is 0.160. The van der Waals surface area contributed by atoms with Gasteiger partial charge in [0.05, 0.1) is 11.3 Å². The number of rotatable bonds is 2. The highest BCUT2D eigenvalue weighted by molar-refractivity contribution is 5.69. The Morgan fingerprint density at radius 3 is 2.23 bits per heavy atom. The van der Waals surface area contributed by atoms with Gasteiger partial charge < -0.3 is 4.98 Å². The molecule has 0 aliphatic carbocycles. The summed E-state index contributed by atoms with van der Waals surface area (Å²) in [6.07, 6.45) is -1.36. The first-order valence-corrected chi connectivity index (χ1v) is 6.50. The van der Waals surface area contributed by atoms with E-state index in [1.54, 1.807) is 36.5 Å². The minimum atomic E-state index is -4.41. The quantitative estimate of drug-likeness (QED) is 0.767. The van der Waals surface area contributed by atoms with Crippen LogP contribution >= 0.6 is 0 Å². The number of hydrogen-bond donors (Lipinski definition) is 1. The molecule has 0 unspecified atom stereocenters. The van der Waals surface area contributed by atoms with E-state index >= 15 is 0 Å². The van der Waals surface area contributed by atoms with Crippen LogP contribution in [-0.2, 0) is 6.18 Å². The number of benzene rings is 2. The molecule has 0 bridgehead atoms. The first kappa shape index (κ1) is 14.2. The van der Waals surface area contributed by atoms with Crippen LogP contribution in [0.15, 0.2) is 65.7 Å². The van der Waals surface area contributed by atoms with Crippen molar-refractivity contribution >= 4 is 0 Å². The molecule has 0 aliphatic heterocycles. The maximum absolute atomic E-state index is 13.0. The average molecular weight is 304 g/mol. The topological polar surface area (TPSA) is 37.8 Å². The molecule has 0 amide bonds. The minimum absolute atomic E-state index is 0.114. The molecule has 3 nitrogen and oxygen atoms in total. The summed E-state index contributed by atoms with van der Waals surface area (Å²) >= 11 is 0. The Morgan fingerprint density at radius 2 is 1.64 bits per heavy atom. The molecule has 22 heavy (non-hydrogen) atoms. The molecular weight excluding hydrogens is 293 g/mol. The van der Waals surface area contributed by atoms with E-state index in [1.165, 1.54) is 22.9 Å². The van der Waals surface area contributed by atoms with Crippen LogP contribution < -0.4 is 5.69 Å². The Kier molecular flexibility index (Phi) is 3.36. The second-order valence-corrected chi connectivity index (χ2v) is 4.73. The second-order valence-electron chi connectivity index (χ2n) is 4.73. The van der Waals surface area contributed by atoms with Crippen molar-refractivity contribution in [1.82, 2.24) is 9.55 Å². The van der Waals surface area contributed by atoms with Crippen molar-refractivity contribution in [2.24, 2.45) is 0 Å². The molecule has 0 saturated carbocycles. The average Bonchev–Trinajstić information content (AvgIpc) is 2.93. The van der Waals surface area contributed by atoms with Gasteiger partial charge in [0.15, 0.2) is 0 Å². The normalized spacial score (nSPS) is 11.6. The Morgan fingerprint density at radius 1 is 0.955 bits per heavy atom. The van der Waals surface area contributed by atoms with E-state index in [0.29, 0.717) is 11.3 Å². The Balaban J connectivity index is 2.05. The second kappa shape index (κ2) is 5.22. The van der Waals surface area contributed by atoms with Gasteiger partial charge in [-0.05, 0) is 29.3 Å². The van der Waals surface area contributed by atoms with Gasteiger partial charge in [0, 0.05) is 12.4 Å². The van der Waals surface area contributed by atoms with Gasteiger partial charge >= 0.3 is 11.9 Å². The highest BCUT2D eigenvalue weighted by Gasteiger charge is 2.33. The molecule has 1 N–H and O–H groups in total. The summed E-state index contributed by atoms with van der Waals surface area (Å²) in [6.45, 7) is 0. The van der Waals surface area contributed by atoms with E-state index in [4.69, 9.17) is 0 Å². The zero-order valence-corrected chi connectivity index (χ0v) is 11.3. The molecule has 3 aromatic rings. The molecule has 0 radical (unpaired) electrons.